The third kappa shape index (κ3) is 3.75. The molecular weight excluding hydrogens is 168 g/mol. The lowest BCUT2D eigenvalue weighted by Crippen LogP contribution is -2.33. The molecule has 0 atom stereocenters. The highest BCUT2D eigenvalue weighted by Crippen LogP contribution is 1.99. The lowest BCUT2D eigenvalue weighted by atomic mass is 10.3. The fraction of sp³-hybridized carbons (Fsp3) is 0.444. The van der Waals surface area contributed by atoms with Crippen molar-refractivity contribution in [2.75, 3.05) is 20.1 Å². The Bertz CT molecular complexity index is 244. The molecule has 0 aliphatic heterocycles. The van der Waals surface area contributed by atoms with Crippen molar-refractivity contribution in [1.29, 1.82) is 0 Å². The van der Waals surface area contributed by atoms with Crippen molar-refractivity contribution < 1.29 is 9.21 Å². The summed E-state index contributed by atoms with van der Waals surface area (Å²) in [6, 6.07) is 3.73. The van der Waals surface area contributed by atoms with Crippen LogP contribution in [0.3, 0.4) is 0 Å². The maximum Gasteiger partial charge on any atom is 0.233 e. The van der Waals surface area contributed by atoms with Gasteiger partial charge in [-0.15, -0.1) is 0 Å². The summed E-state index contributed by atoms with van der Waals surface area (Å²) in [7, 11) is 1.74. The van der Waals surface area contributed by atoms with Gasteiger partial charge < -0.3 is 15.1 Å². The minimum absolute atomic E-state index is 0.00839. The van der Waals surface area contributed by atoms with Crippen LogP contribution in [0.25, 0.3) is 0 Å². The minimum Gasteiger partial charge on any atom is -0.469 e. The zero-order chi connectivity index (χ0) is 9.52. The van der Waals surface area contributed by atoms with Gasteiger partial charge in [0.05, 0.1) is 12.8 Å². The van der Waals surface area contributed by atoms with Crippen LogP contribution in [0.1, 0.15) is 5.76 Å². The Hall–Kier alpha value is -1.29. The van der Waals surface area contributed by atoms with Crippen LogP contribution in [0.15, 0.2) is 22.8 Å². The van der Waals surface area contributed by atoms with Gasteiger partial charge in [0.2, 0.25) is 5.91 Å². The molecule has 4 nitrogen and oxygen atoms in total. The van der Waals surface area contributed by atoms with Crippen LogP contribution < -0.4 is 10.6 Å². The number of nitrogens with one attached hydrogen (secondary N) is 2. The van der Waals surface area contributed by atoms with Gasteiger partial charge in [-0.05, 0) is 19.2 Å². The number of carbonyl (C=O) groups excluding carboxylic acids is 1. The number of hydrogen-bond acceptors (Lipinski definition) is 3. The highest BCUT2D eigenvalue weighted by atomic mass is 16.3. The minimum atomic E-state index is 0.00839. The molecule has 0 unspecified atom stereocenters. The largest absolute Gasteiger partial charge is 0.469 e. The van der Waals surface area contributed by atoms with Gasteiger partial charge in [0.15, 0.2) is 0 Å². The molecule has 0 spiro atoms. The average molecular weight is 182 g/mol. The van der Waals surface area contributed by atoms with Crippen LogP contribution in [0.5, 0.6) is 0 Å². The van der Waals surface area contributed by atoms with Crippen LogP contribution in [0, 0.1) is 0 Å². The monoisotopic (exact) mass is 182 g/mol. The number of likely N-dealkylation sites (N-methyl/N-ethyl adjacent to an activating group) is 1. The zero-order valence-electron chi connectivity index (χ0n) is 7.67. The second-order valence-electron chi connectivity index (χ2n) is 2.71. The van der Waals surface area contributed by atoms with E-state index < -0.39 is 0 Å². The van der Waals surface area contributed by atoms with E-state index in [1.165, 1.54) is 0 Å². The molecule has 0 aliphatic carbocycles. The van der Waals surface area contributed by atoms with Crippen LogP contribution in [0.4, 0.5) is 0 Å². The maximum atomic E-state index is 11.0. The highest BCUT2D eigenvalue weighted by molar-refractivity contribution is 5.77. The molecule has 4 heteroatoms. The zero-order valence-corrected chi connectivity index (χ0v) is 7.67. The van der Waals surface area contributed by atoms with Crippen LogP contribution in [0.2, 0.25) is 0 Å². The predicted octanol–water partition coefficient (Wildman–Crippen LogP) is 0.158. The molecule has 13 heavy (non-hydrogen) atoms. The molecule has 2 N–H and O–H groups in total. The topological polar surface area (TPSA) is 54.3 Å². The number of rotatable bonds is 5. The van der Waals surface area contributed by atoms with Crippen molar-refractivity contribution in [3.63, 3.8) is 0 Å². The second kappa shape index (κ2) is 5.37. The van der Waals surface area contributed by atoms with Gasteiger partial charge in [-0.2, -0.15) is 0 Å². The lowest BCUT2D eigenvalue weighted by Gasteiger charge is -2.02. The van der Waals surface area contributed by atoms with Crippen molar-refractivity contribution >= 4 is 5.91 Å². The Morgan fingerprint density at radius 3 is 3.08 bits per heavy atom. The van der Waals surface area contributed by atoms with Gasteiger partial charge in [0, 0.05) is 13.0 Å². The van der Waals surface area contributed by atoms with Crippen molar-refractivity contribution in [3.8, 4) is 0 Å². The van der Waals surface area contributed by atoms with E-state index in [2.05, 4.69) is 10.6 Å². The molecule has 1 aromatic heterocycles. The van der Waals surface area contributed by atoms with E-state index in [-0.39, 0.29) is 5.91 Å². The lowest BCUT2D eigenvalue weighted by molar-refractivity contribution is -0.120. The summed E-state index contributed by atoms with van der Waals surface area (Å²) in [6.45, 7) is 0.978. The average Bonchev–Trinajstić information content (AvgIpc) is 2.57. The van der Waals surface area contributed by atoms with Crippen LogP contribution in [-0.4, -0.2) is 26.0 Å². The number of carbonyl (C=O) groups is 1. The Morgan fingerprint density at radius 1 is 1.62 bits per heavy atom. The molecule has 1 rings (SSSR count). The summed E-state index contributed by atoms with van der Waals surface area (Å²) < 4.78 is 5.11. The first-order valence-electron chi connectivity index (χ1n) is 4.26. The normalized spacial score (nSPS) is 9.92. The summed E-state index contributed by atoms with van der Waals surface area (Å²) in [5.41, 5.74) is 0. The Balaban J connectivity index is 2.11. The van der Waals surface area contributed by atoms with Crippen molar-refractivity contribution in [3.05, 3.63) is 24.2 Å². The molecule has 0 saturated heterocycles. The molecule has 0 bridgehead atoms. The van der Waals surface area contributed by atoms with E-state index in [0.717, 1.165) is 12.2 Å². The number of furan rings is 1. The van der Waals surface area contributed by atoms with E-state index in [4.69, 9.17) is 4.42 Å². The van der Waals surface area contributed by atoms with E-state index in [0.29, 0.717) is 13.1 Å². The summed E-state index contributed by atoms with van der Waals surface area (Å²) >= 11 is 0. The molecule has 1 amide bonds. The Morgan fingerprint density at radius 2 is 2.46 bits per heavy atom. The molecular formula is C9H14N2O2. The first-order chi connectivity index (χ1) is 6.33. The van der Waals surface area contributed by atoms with Crippen LogP contribution in [-0.2, 0) is 11.2 Å². The smallest absolute Gasteiger partial charge is 0.233 e. The van der Waals surface area contributed by atoms with E-state index >= 15 is 0 Å². The van der Waals surface area contributed by atoms with E-state index in [1.807, 2.05) is 12.1 Å². The van der Waals surface area contributed by atoms with E-state index in [1.54, 1.807) is 13.3 Å². The van der Waals surface area contributed by atoms with Gasteiger partial charge in [-0.25, -0.2) is 0 Å². The summed E-state index contributed by atoms with van der Waals surface area (Å²) in [5, 5.41) is 5.54. The fourth-order valence-corrected chi connectivity index (χ4v) is 1.00. The van der Waals surface area contributed by atoms with Gasteiger partial charge in [0.25, 0.3) is 0 Å². The van der Waals surface area contributed by atoms with Gasteiger partial charge in [0.1, 0.15) is 5.76 Å². The van der Waals surface area contributed by atoms with Gasteiger partial charge in [-0.1, -0.05) is 0 Å². The number of amides is 1. The number of hydrogen-bond donors (Lipinski definition) is 2. The predicted molar refractivity (Wildman–Crippen MR) is 49.3 cm³/mol. The van der Waals surface area contributed by atoms with Crippen molar-refractivity contribution in [1.82, 2.24) is 10.6 Å². The standard InChI is InChI=1S/C9H14N2O2/c1-10-7-9(12)11-5-4-8-3-2-6-13-8/h2-3,6,10H,4-5,7H2,1H3,(H,11,12). The molecule has 0 radical (unpaired) electrons. The second-order valence-corrected chi connectivity index (χ2v) is 2.71. The first kappa shape index (κ1) is 9.80. The Kier molecular flexibility index (Phi) is 4.05. The quantitative estimate of drug-likeness (QED) is 0.682. The molecule has 72 valence electrons. The molecule has 0 aliphatic rings. The molecule has 0 aromatic carbocycles. The first-order valence-corrected chi connectivity index (χ1v) is 4.26. The maximum absolute atomic E-state index is 11.0. The van der Waals surface area contributed by atoms with Crippen LogP contribution >= 0.6 is 0 Å². The third-order valence-corrected chi connectivity index (χ3v) is 1.61. The molecule has 1 heterocycles. The SMILES string of the molecule is CNCC(=O)NCCc1ccco1. The molecule has 0 saturated carbocycles. The highest BCUT2D eigenvalue weighted by Gasteiger charge is 1.99. The Labute approximate surface area is 77.3 Å². The van der Waals surface area contributed by atoms with Crippen molar-refractivity contribution in [2.24, 2.45) is 0 Å². The van der Waals surface area contributed by atoms with E-state index in [9.17, 15) is 4.79 Å². The van der Waals surface area contributed by atoms with Gasteiger partial charge >= 0.3 is 0 Å². The van der Waals surface area contributed by atoms with Gasteiger partial charge in [-0.3, -0.25) is 4.79 Å². The molecule has 1 aromatic rings. The summed E-state index contributed by atoms with van der Waals surface area (Å²) in [5.74, 6) is 0.902. The third-order valence-electron chi connectivity index (χ3n) is 1.61. The van der Waals surface area contributed by atoms with Crippen molar-refractivity contribution in [2.45, 2.75) is 6.42 Å². The fourth-order valence-electron chi connectivity index (χ4n) is 1.00. The summed E-state index contributed by atoms with van der Waals surface area (Å²) in [4.78, 5) is 11.0. The summed E-state index contributed by atoms with van der Waals surface area (Å²) in [6.07, 6.45) is 2.37. The molecule has 0 fully saturated rings.